The van der Waals surface area contributed by atoms with Gasteiger partial charge in [-0.3, -0.25) is 4.79 Å². The highest BCUT2D eigenvalue weighted by molar-refractivity contribution is 7.89. The number of benzene rings is 1. The van der Waals surface area contributed by atoms with Crippen LogP contribution in [0.1, 0.15) is 19.8 Å². The fourth-order valence-corrected chi connectivity index (χ4v) is 2.57. The van der Waals surface area contributed by atoms with E-state index in [-0.39, 0.29) is 29.5 Å². The Morgan fingerprint density at radius 3 is 2.60 bits per heavy atom. The largest absolute Gasteiger partial charge is 0.399 e. The van der Waals surface area contributed by atoms with E-state index in [1.165, 1.54) is 0 Å². The third-order valence-corrected chi connectivity index (χ3v) is 3.86. The summed E-state index contributed by atoms with van der Waals surface area (Å²) in [6.45, 7) is 2.40. The molecule has 1 amide bonds. The predicted octanol–water partition coefficient (Wildman–Crippen LogP) is 0.603. The number of nitrogens with one attached hydrogen (secondary N) is 2. The molecule has 0 bridgehead atoms. The Morgan fingerprint density at radius 1 is 1.30 bits per heavy atom. The average molecular weight is 303 g/mol. The van der Waals surface area contributed by atoms with Crippen LogP contribution in [0.3, 0.4) is 0 Å². The highest BCUT2D eigenvalue weighted by Gasteiger charge is 2.15. The Balaban J connectivity index is 2.60. The molecule has 112 valence electrons. The summed E-state index contributed by atoms with van der Waals surface area (Å²) in [5, 5.41) is 2.62. The Labute approximate surface area is 117 Å². The first kappa shape index (κ1) is 16.4. The molecule has 8 heteroatoms. The second-order valence-corrected chi connectivity index (χ2v) is 5.98. The van der Waals surface area contributed by atoms with E-state index >= 15 is 0 Å². The topological polar surface area (TPSA) is 101 Å². The number of nitrogen functional groups attached to an aromatic ring is 1. The van der Waals surface area contributed by atoms with E-state index in [0.717, 1.165) is 24.6 Å². The molecular formula is C12H18FN3O3S. The summed E-state index contributed by atoms with van der Waals surface area (Å²) in [5.41, 5.74) is 5.41. The van der Waals surface area contributed by atoms with Crippen molar-refractivity contribution in [1.82, 2.24) is 10.0 Å². The molecule has 1 aromatic carbocycles. The van der Waals surface area contributed by atoms with Gasteiger partial charge in [-0.1, -0.05) is 6.92 Å². The van der Waals surface area contributed by atoms with Gasteiger partial charge in [-0.15, -0.1) is 0 Å². The molecule has 0 aliphatic carbocycles. The summed E-state index contributed by atoms with van der Waals surface area (Å²) < 4.78 is 39.1. The van der Waals surface area contributed by atoms with Crippen LogP contribution in [-0.2, 0) is 14.8 Å². The molecule has 0 spiro atoms. The number of sulfonamides is 1. The van der Waals surface area contributed by atoms with Crippen LogP contribution in [0.2, 0.25) is 0 Å². The van der Waals surface area contributed by atoms with Crippen molar-refractivity contribution >= 4 is 21.6 Å². The van der Waals surface area contributed by atoms with Gasteiger partial charge >= 0.3 is 0 Å². The Hall–Kier alpha value is -1.67. The van der Waals surface area contributed by atoms with Crippen molar-refractivity contribution in [2.45, 2.75) is 24.7 Å². The number of nitrogens with two attached hydrogens (primary N) is 1. The maximum absolute atomic E-state index is 13.1. The van der Waals surface area contributed by atoms with Gasteiger partial charge in [-0.2, -0.15) is 0 Å². The molecule has 0 saturated heterocycles. The maximum atomic E-state index is 13.1. The van der Waals surface area contributed by atoms with Crippen LogP contribution < -0.4 is 15.8 Å². The van der Waals surface area contributed by atoms with E-state index < -0.39 is 15.8 Å². The van der Waals surface area contributed by atoms with Gasteiger partial charge in [0.1, 0.15) is 5.82 Å². The van der Waals surface area contributed by atoms with Crippen LogP contribution in [0.4, 0.5) is 10.1 Å². The Kier molecular flexibility index (Phi) is 5.90. The monoisotopic (exact) mass is 303 g/mol. The fourth-order valence-electron chi connectivity index (χ4n) is 1.47. The zero-order chi connectivity index (χ0) is 15.2. The lowest BCUT2D eigenvalue weighted by Gasteiger charge is -2.08. The van der Waals surface area contributed by atoms with Gasteiger partial charge in [0.05, 0.1) is 4.90 Å². The lowest BCUT2D eigenvalue weighted by atomic mass is 10.3. The van der Waals surface area contributed by atoms with E-state index in [0.29, 0.717) is 6.54 Å². The molecule has 0 atom stereocenters. The number of carbonyl (C=O) groups excluding carboxylic acids is 1. The standard InChI is InChI=1S/C12H18FN3O3S/c1-2-4-15-12(17)3-5-16-20(18,19)11-7-9(13)6-10(14)8-11/h6-8,16H,2-5,14H2,1H3,(H,15,17). The molecule has 6 nitrogen and oxygen atoms in total. The van der Waals surface area contributed by atoms with Crippen molar-refractivity contribution in [1.29, 1.82) is 0 Å². The van der Waals surface area contributed by atoms with Crippen LogP contribution in [0.25, 0.3) is 0 Å². The number of halogens is 1. The Bertz CT molecular complexity index is 555. The second kappa shape index (κ2) is 7.20. The maximum Gasteiger partial charge on any atom is 0.240 e. The molecule has 0 saturated carbocycles. The molecule has 0 aliphatic rings. The average Bonchev–Trinajstić information content (AvgIpc) is 2.35. The normalized spacial score (nSPS) is 11.3. The molecule has 20 heavy (non-hydrogen) atoms. The van der Waals surface area contributed by atoms with Crippen molar-refractivity contribution < 1.29 is 17.6 Å². The molecule has 0 radical (unpaired) electrons. The zero-order valence-corrected chi connectivity index (χ0v) is 12.0. The SMILES string of the molecule is CCCNC(=O)CCNS(=O)(=O)c1cc(N)cc(F)c1. The molecular weight excluding hydrogens is 285 g/mol. The summed E-state index contributed by atoms with van der Waals surface area (Å²) in [4.78, 5) is 11.0. The summed E-state index contributed by atoms with van der Waals surface area (Å²) in [5.74, 6) is -0.973. The molecule has 1 rings (SSSR count). The first-order valence-corrected chi connectivity index (χ1v) is 7.66. The third kappa shape index (κ3) is 5.14. The quantitative estimate of drug-likeness (QED) is 0.642. The van der Waals surface area contributed by atoms with Gasteiger partial charge in [0.25, 0.3) is 0 Å². The minimum Gasteiger partial charge on any atom is -0.399 e. The van der Waals surface area contributed by atoms with Crippen LogP contribution >= 0.6 is 0 Å². The van der Waals surface area contributed by atoms with Crippen LogP contribution in [0.5, 0.6) is 0 Å². The smallest absolute Gasteiger partial charge is 0.240 e. The van der Waals surface area contributed by atoms with Crippen molar-refractivity contribution in [3.8, 4) is 0 Å². The number of carbonyl (C=O) groups is 1. The summed E-state index contributed by atoms with van der Waals surface area (Å²) in [6.07, 6.45) is 0.823. The van der Waals surface area contributed by atoms with Crippen LogP contribution in [0, 0.1) is 5.82 Å². The minimum atomic E-state index is -3.87. The van der Waals surface area contributed by atoms with Gasteiger partial charge in [0, 0.05) is 25.2 Å². The number of hydrogen-bond acceptors (Lipinski definition) is 4. The predicted molar refractivity (Wildman–Crippen MR) is 73.9 cm³/mol. The molecule has 0 unspecified atom stereocenters. The molecule has 4 N–H and O–H groups in total. The minimum absolute atomic E-state index is 0.0179. The molecule has 0 aromatic heterocycles. The summed E-state index contributed by atoms with van der Waals surface area (Å²) in [7, 11) is -3.87. The van der Waals surface area contributed by atoms with Gasteiger partial charge in [-0.05, 0) is 24.6 Å². The Morgan fingerprint density at radius 2 is 2.00 bits per heavy atom. The van der Waals surface area contributed by atoms with E-state index in [1.54, 1.807) is 0 Å². The first-order valence-electron chi connectivity index (χ1n) is 6.17. The van der Waals surface area contributed by atoms with E-state index in [9.17, 15) is 17.6 Å². The number of hydrogen-bond donors (Lipinski definition) is 3. The van der Waals surface area contributed by atoms with Crippen LogP contribution in [-0.4, -0.2) is 27.4 Å². The van der Waals surface area contributed by atoms with Gasteiger partial charge < -0.3 is 11.1 Å². The lowest BCUT2D eigenvalue weighted by molar-refractivity contribution is -0.120. The van der Waals surface area contributed by atoms with Crippen molar-refractivity contribution in [3.63, 3.8) is 0 Å². The highest BCUT2D eigenvalue weighted by atomic mass is 32.2. The number of amides is 1. The van der Waals surface area contributed by atoms with Gasteiger partial charge in [0.15, 0.2) is 0 Å². The first-order chi connectivity index (χ1) is 9.35. The molecule has 0 heterocycles. The van der Waals surface area contributed by atoms with Crippen molar-refractivity contribution in [2.75, 3.05) is 18.8 Å². The van der Waals surface area contributed by atoms with Crippen molar-refractivity contribution in [3.05, 3.63) is 24.0 Å². The molecule has 0 fully saturated rings. The van der Waals surface area contributed by atoms with Gasteiger partial charge in [-0.25, -0.2) is 17.5 Å². The van der Waals surface area contributed by atoms with Crippen LogP contribution in [0.15, 0.2) is 23.1 Å². The second-order valence-electron chi connectivity index (χ2n) is 4.22. The third-order valence-electron chi connectivity index (χ3n) is 2.42. The van der Waals surface area contributed by atoms with E-state index in [2.05, 4.69) is 10.0 Å². The van der Waals surface area contributed by atoms with E-state index in [4.69, 9.17) is 5.73 Å². The highest BCUT2D eigenvalue weighted by Crippen LogP contribution is 2.15. The van der Waals surface area contributed by atoms with Crippen molar-refractivity contribution in [2.24, 2.45) is 0 Å². The van der Waals surface area contributed by atoms with Gasteiger partial charge in [0.2, 0.25) is 15.9 Å². The van der Waals surface area contributed by atoms with E-state index in [1.807, 2.05) is 6.92 Å². The fraction of sp³-hybridized carbons (Fsp3) is 0.417. The number of rotatable bonds is 7. The number of anilines is 1. The summed E-state index contributed by atoms with van der Waals surface area (Å²) >= 11 is 0. The lowest BCUT2D eigenvalue weighted by Crippen LogP contribution is -2.31. The zero-order valence-electron chi connectivity index (χ0n) is 11.1. The molecule has 1 aromatic rings. The summed E-state index contributed by atoms with van der Waals surface area (Å²) in [6, 6.07) is 3.05. The molecule has 0 aliphatic heterocycles.